The smallest absolute Gasteiger partial charge is 0.353 e. The molecule has 1 aliphatic carbocycles. The molecule has 3 aliphatic rings. The van der Waals surface area contributed by atoms with Crippen molar-refractivity contribution >= 4 is 33.8 Å². The zero-order valence-electron chi connectivity index (χ0n) is 15.2. The number of β-lactam (4-membered cyclic amide) rings is 1. The van der Waals surface area contributed by atoms with Crippen LogP contribution in [0.2, 0.25) is 0 Å². The lowest BCUT2D eigenvalue weighted by Gasteiger charge is -2.46. The summed E-state index contributed by atoms with van der Waals surface area (Å²) in [6.45, 7) is 3.72. The molecule has 11 heteroatoms. The van der Waals surface area contributed by atoms with Crippen LogP contribution in [0.3, 0.4) is 0 Å². The molecule has 27 heavy (non-hydrogen) atoms. The maximum absolute atomic E-state index is 12.3. The number of thioether (sulfide) groups is 1. The number of carboxylic acids is 1. The molecule has 0 aromatic heterocycles. The maximum Gasteiger partial charge on any atom is 0.353 e. The summed E-state index contributed by atoms with van der Waals surface area (Å²) in [7, 11) is -3.72. The predicted molar refractivity (Wildman–Crippen MR) is 99.5 cm³/mol. The van der Waals surface area contributed by atoms with Crippen molar-refractivity contribution in [1.29, 1.82) is 0 Å². The Labute approximate surface area is 162 Å². The molecule has 2 aliphatic heterocycles. The Bertz CT molecular complexity index is 781. The molecule has 1 saturated heterocycles. The van der Waals surface area contributed by atoms with E-state index in [4.69, 9.17) is 5.14 Å². The number of rotatable bonds is 7. The third-order valence-electron chi connectivity index (χ3n) is 5.67. The molecule has 0 radical (unpaired) electrons. The molecule has 1 saturated carbocycles. The van der Waals surface area contributed by atoms with E-state index >= 15 is 0 Å². The van der Waals surface area contributed by atoms with Crippen LogP contribution in [0, 0.1) is 17.8 Å². The van der Waals surface area contributed by atoms with Gasteiger partial charge in [0.1, 0.15) is 5.70 Å². The molecule has 0 aromatic rings. The number of aliphatic carboxylic acids is 1. The summed E-state index contributed by atoms with van der Waals surface area (Å²) in [5.41, 5.74) is 0.0329. The van der Waals surface area contributed by atoms with Crippen molar-refractivity contribution < 1.29 is 28.2 Å². The summed E-state index contributed by atoms with van der Waals surface area (Å²) in [5, 5.41) is 24.6. The molecule has 0 bridgehead atoms. The summed E-state index contributed by atoms with van der Waals surface area (Å²) < 4.78 is 24.4. The number of amides is 1. The number of nitrogens with zero attached hydrogens (tertiary/aromatic N) is 1. The lowest BCUT2D eigenvalue weighted by atomic mass is 9.79. The van der Waals surface area contributed by atoms with Gasteiger partial charge in [0.2, 0.25) is 5.91 Å². The first kappa shape index (κ1) is 20.6. The number of carboxylic acid groups (broad SMARTS) is 1. The van der Waals surface area contributed by atoms with Gasteiger partial charge in [0.25, 0.3) is 10.2 Å². The molecule has 2 fully saturated rings. The Morgan fingerprint density at radius 2 is 2.11 bits per heavy atom. The molecule has 0 aromatic carbocycles. The molecule has 1 amide bonds. The summed E-state index contributed by atoms with van der Waals surface area (Å²) in [5.74, 6) is -2.04. The average Bonchev–Trinajstić information content (AvgIpc) is 3.07. The zero-order valence-corrected chi connectivity index (χ0v) is 16.8. The predicted octanol–water partition coefficient (Wildman–Crippen LogP) is -0.165. The first-order chi connectivity index (χ1) is 12.5. The quantitative estimate of drug-likeness (QED) is 0.419. The molecule has 152 valence electrons. The van der Waals surface area contributed by atoms with Crippen LogP contribution in [-0.4, -0.2) is 59.3 Å². The second kappa shape index (κ2) is 7.36. The maximum atomic E-state index is 12.3. The highest BCUT2D eigenvalue weighted by Gasteiger charge is 2.60. The Morgan fingerprint density at radius 3 is 2.67 bits per heavy atom. The number of carbonyl (C=O) groups excluding carboxylic acids is 1. The van der Waals surface area contributed by atoms with Crippen molar-refractivity contribution in [3.05, 3.63) is 10.6 Å². The molecule has 0 spiro atoms. The van der Waals surface area contributed by atoms with Gasteiger partial charge in [0.15, 0.2) is 0 Å². The largest absolute Gasteiger partial charge is 0.477 e. The number of hydrogen-bond donors (Lipinski definition) is 4. The van der Waals surface area contributed by atoms with E-state index in [0.29, 0.717) is 4.91 Å². The van der Waals surface area contributed by atoms with Crippen LogP contribution in [0.4, 0.5) is 0 Å². The Morgan fingerprint density at radius 1 is 1.44 bits per heavy atom. The molecule has 0 unspecified atom stereocenters. The number of carbonyl (C=O) groups is 2. The van der Waals surface area contributed by atoms with Crippen LogP contribution in [0.25, 0.3) is 0 Å². The van der Waals surface area contributed by atoms with Gasteiger partial charge in [-0.2, -0.15) is 8.42 Å². The molecule has 5 N–H and O–H groups in total. The van der Waals surface area contributed by atoms with Gasteiger partial charge in [0, 0.05) is 22.6 Å². The van der Waals surface area contributed by atoms with Gasteiger partial charge in [-0.25, -0.2) is 14.7 Å². The number of nitrogens with two attached hydrogens (primary N) is 1. The second-order valence-electron chi connectivity index (χ2n) is 7.58. The molecule has 3 rings (SSSR count). The summed E-state index contributed by atoms with van der Waals surface area (Å²) in [6, 6.07) is -0.313. The van der Waals surface area contributed by atoms with E-state index in [-0.39, 0.29) is 41.3 Å². The fourth-order valence-electron chi connectivity index (χ4n) is 4.41. The van der Waals surface area contributed by atoms with E-state index in [0.717, 1.165) is 19.3 Å². The summed E-state index contributed by atoms with van der Waals surface area (Å²) >= 11 is 1.47. The van der Waals surface area contributed by atoms with Gasteiger partial charge in [-0.15, -0.1) is 11.8 Å². The average molecular weight is 420 g/mol. The zero-order chi connectivity index (χ0) is 20.1. The monoisotopic (exact) mass is 419 g/mol. The highest BCUT2D eigenvalue weighted by molar-refractivity contribution is 8.03. The van der Waals surface area contributed by atoms with Gasteiger partial charge in [-0.3, -0.25) is 4.79 Å². The van der Waals surface area contributed by atoms with Gasteiger partial charge in [0.05, 0.1) is 18.1 Å². The fraction of sp³-hybridized carbons (Fsp3) is 0.750. The van der Waals surface area contributed by atoms with E-state index in [2.05, 4.69) is 4.72 Å². The van der Waals surface area contributed by atoms with Crippen molar-refractivity contribution in [1.82, 2.24) is 9.62 Å². The number of fused-ring (bicyclic) bond motifs is 1. The van der Waals surface area contributed by atoms with Crippen LogP contribution in [0.5, 0.6) is 0 Å². The normalized spacial score (nSPS) is 34.6. The topological polar surface area (TPSA) is 150 Å². The SMILES string of the molecule is C[C@@H](O)[C@H]1C(=O)N2C(C(=O)O)=C(S[C@@H]3CC[C@H](CNS(N)(=O)=O)C3)[C@H](C)[C@H]12. The van der Waals surface area contributed by atoms with Crippen molar-refractivity contribution in [2.45, 2.75) is 50.5 Å². The minimum absolute atomic E-state index is 0.0329. The third kappa shape index (κ3) is 3.88. The van der Waals surface area contributed by atoms with E-state index in [1.165, 1.54) is 16.7 Å². The van der Waals surface area contributed by atoms with E-state index in [1.807, 2.05) is 6.92 Å². The first-order valence-electron chi connectivity index (χ1n) is 8.94. The standard InChI is InChI=1S/C16H25N3O6S2/c1-7-12-11(8(2)20)15(21)19(12)13(16(22)23)14(7)26-10-4-3-9(5-10)6-18-27(17,24)25/h7-12,18,20H,3-6H2,1-2H3,(H,22,23)(H2,17,24,25)/t7-,8-,9+,10-,11-,12-/m1/s1. The molecule has 2 heterocycles. The lowest BCUT2D eigenvalue weighted by Crippen LogP contribution is -2.63. The molecule has 9 nitrogen and oxygen atoms in total. The van der Waals surface area contributed by atoms with Crippen LogP contribution in [0.15, 0.2) is 10.6 Å². The van der Waals surface area contributed by atoms with Gasteiger partial charge < -0.3 is 15.1 Å². The highest BCUT2D eigenvalue weighted by atomic mass is 32.2. The van der Waals surface area contributed by atoms with E-state index in [9.17, 15) is 28.2 Å². The van der Waals surface area contributed by atoms with Crippen LogP contribution in [-0.2, 0) is 19.8 Å². The number of nitrogens with one attached hydrogen (secondary N) is 1. The fourth-order valence-corrected chi connectivity index (χ4v) is 6.51. The number of hydrogen-bond acceptors (Lipinski definition) is 6. The Balaban J connectivity index is 1.71. The number of aliphatic hydroxyl groups is 1. The molecule has 6 atom stereocenters. The Kier molecular flexibility index (Phi) is 5.61. The number of aliphatic hydroxyl groups excluding tert-OH is 1. The van der Waals surface area contributed by atoms with Crippen molar-refractivity contribution in [2.24, 2.45) is 22.9 Å². The Hall–Kier alpha value is -1.14. The molecular formula is C16H25N3O6S2. The van der Waals surface area contributed by atoms with Crippen molar-refractivity contribution in [2.75, 3.05) is 6.54 Å². The van der Waals surface area contributed by atoms with Gasteiger partial charge in [-0.1, -0.05) is 6.92 Å². The first-order valence-corrected chi connectivity index (χ1v) is 11.4. The second-order valence-corrected chi connectivity index (χ2v) is 10.3. The van der Waals surface area contributed by atoms with Crippen molar-refractivity contribution in [3.8, 4) is 0 Å². The van der Waals surface area contributed by atoms with Crippen LogP contribution >= 0.6 is 11.8 Å². The van der Waals surface area contributed by atoms with E-state index in [1.54, 1.807) is 6.92 Å². The summed E-state index contributed by atoms with van der Waals surface area (Å²) in [6.07, 6.45) is 1.59. The summed E-state index contributed by atoms with van der Waals surface area (Å²) in [4.78, 5) is 26.1. The minimum Gasteiger partial charge on any atom is -0.477 e. The van der Waals surface area contributed by atoms with Gasteiger partial charge >= 0.3 is 5.97 Å². The minimum atomic E-state index is -3.72. The van der Waals surface area contributed by atoms with E-state index < -0.39 is 28.2 Å². The van der Waals surface area contributed by atoms with Gasteiger partial charge in [-0.05, 0) is 32.1 Å². The third-order valence-corrected chi connectivity index (χ3v) is 7.82. The lowest BCUT2D eigenvalue weighted by molar-refractivity contribution is -0.163. The molecular weight excluding hydrogens is 394 g/mol. The van der Waals surface area contributed by atoms with Crippen LogP contribution in [0.1, 0.15) is 33.1 Å². The highest BCUT2D eigenvalue weighted by Crippen LogP contribution is 2.52. The van der Waals surface area contributed by atoms with Crippen molar-refractivity contribution in [3.63, 3.8) is 0 Å². The van der Waals surface area contributed by atoms with Crippen LogP contribution < -0.4 is 9.86 Å².